The Balaban J connectivity index is 1.95. The predicted molar refractivity (Wildman–Crippen MR) is 66.1 cm³/mol. The standard InChI is InChI=1S/C11H15N3O2S/c1-11(2,3)16-10(15)13-6-8-12-7-9-14(8)4-5-17-9/h4-5,7H,6H2,1-3H3,(H,13,15). The van der Waals surface area contributed by atoms with Gasteiger partial charge in [-0.15, -0.1) is 11.3 Å². The van der Waals surface area contributed by atoms with Gasteiger partial charge in [-0.05, 0) is 20.8 Å². The quantitative estimate of drug-likeness (QED) is 0.894. The fourth-order valence-electron chi connectivity index (χ4n) is 1.39. The lowest BCUT2D eigenvalue weighted by molar-refractivity contribution is 0.0522. The van der Waals surface area contributed by atoms with Crippen molar-refractivity contribution in [3.63, 3.8) is 0 Å². The minimum Gasteiger partial charge on any atom is -0.444 e. The number of carbonyl (C=O) groups excluding carboxylic acids is 1. The van der Waals surface area contributed by atoms with Crippen molar-refractivity contribution >= 4 is 22.3 Å². The summed E-state index contributed by atoms with van der Waals surface area (Å²) in [6, 6.07) is 0. The molecule has 0 fully saturated rings. The lowest BCUT2D eigenvalue weighted by Gasteiger charge is -2.19. The molecular weight excluding hydrogens is 238 g/mol. The Kier molecular flexibility index (Phi) is 3.06. The number of nitrogens with zero attached hydrogens (tertiary/aromatic N) is 2. The zero-order chi connectivity index (χ0) is 12.5. The van der Waals surface area contributed by atoms with Crippen LogP contribution in [-0.2, 0) is 11.3 Å². The summed E-state index contributed by atoms with van der Waals surface area (Å²) in [5.41, 5.74) is -0.478. The molecule has 0 unspecified atom stereocenters. The second-order valence-corrected chi connectivity index (χ2v) is 5.57. The number of carbonyl (C=O) groups is 1. The van der Waals surface area contributed by atoms with Gasteiger partial charge in [-0.2, -0.15) is 0 Å². The van der Waals surface area contributed by atoms with Gasteiger partial charge >= 0.3 is 6.09 Å². The fourth-order valence-corrected chi connectivity index (χ4v) is 2.10. The maximum absolute atomic E-state index is 11.5. The predicted octanol–water partition coefficient (Wildman–Crippen LogP) is 2.42. The number of amides is 1. The molecule has 0 aromatic carbocycles. The highest BCUT2D eigenvalue weighted by molar-refractivity contribution is 7.15. The number of rotatable bonds is 2. The maximum Gasteiger partial charge on any atom is 0.408 e. The average molecular weight is 253 g/mol. The van der Waals surface area contributed by atoms with E-state index < -0.39 is 11.7 Å². The van der Waals surface area contributed by atoms with E-state index in [9.17, 15) is 4.79 Å². The summed E-state index contributed by atoms with van der Waals surface area (Å²) in [5, 5.41) is 4.66. The Labute approximate surface area is 103 Å². The smallest absolute Gasteiger partial charge is 0.408 e. The highest BCUT2D eigenvalue weighted by Crippen LogP contribution is 2.13. The summed E-state index contributed by atoms with van der Waals surface area (Å²) in [5.74, 6) is 0.798. The van der Waals surface area contributed by atoms with Crippen LogP contribution in [0, 0.1) is 0 Å². The molecule has 0 aliphatic carbocycles. The van der Waals surface area contributed by atoms with Crippen molar-refractivity contribution in [1.29, 1.82) is 0 Å². The van der Waals surface area contributed by atoms with Gasteiger partial charge in [0.25, 0.3) is 0 Å². The minimum atomic E-state index is -0.478. The van der Waals surface area contributed by atoms with Crippen LogP contribution in [0.15, 0.2) is 17.8 Å². The van der Waals surface area contributed by atoms with Gasteiger partial charge < -0.3 is 10.1 Å². The van der Waals surface area contributed by atoms with E-state index in [1.54, 1.807) is 17.5 Å². The molecule has 0 saturated carbocycles. The Hall–Kier alpha value is -1.56. The number of hydrogen-bond acceptors (Lipinski definition) is 4. The normalized spacial score (nSPS) is 11.7. The SMILES string of the molecule is CC(C)(C)OC(=O)NCc1ncc2sccn12. The first-order chi connectivity index (χ1) is 7.96. The van der Waals surface area contributed by atoms with E-state index in [2.05, 4.69) is 10.3 Å². The number of hydrogen-bond donors (Lipinski definition) is 1. The first kappa shape index (κ1) is 11.9. The Bertz CT molecular complexity index is 524. The molecule has 2 rings (SSSR count). The van der Waals surface area contributed by atoms with Gasteiger partial charge in [0.15, 0.2) is 0 Å². The van der Waals surface area contributed by atoms with Crippen LogP contribution in [0.3, 0.4) is 0 Å². The fraction of sp³-hybridized carbons (Fsp3) is 0.455. The summed E-state index contributed by atoms with van der Waals surface area (Å²) in [6.45, 7) is 5.86. The topological polar surface area (TPSA) is 55.6 Å². The van der Waals surface area contributed by atoms with E-state index in [1.807, 2.05) is 36.7 Å². The number of nitrogens with one attached hydrogen (secondary N) is 1. The molecule has 0 aliphatic rings. The van der Waals surface area contributed by atoms with E-state index in [0.717, 1.165) is 10.7 Å². The molecule has 0 bridgehead atoms. The van der Waals surface area contributed by atoms with Crippen molar-refractivity contribution in [2.45, 2.75) is 32.9 Å². The Morgan fingerprint density at radius 3 is 3.06 bits per heavy atom. The van der Waals surface area contributed by atoms with Crippen LogP contribution in [-0.4, -0.2) is 21.1 Å². The van der Waals surface area contributed by atoms with Gasteiger partial charge in [0.05, 0.1) is 12.7 Å². The lowest BCUT2D eigenvalue weighted by Crippen LogP contribution is -2.32. The second-order valence-electron chi connectivity index (χ2n) is 4.64. The molecule has 0 saturated heterocycles. The molecule has 6 heteroatoms. The molecule has 0 aliphatic heterocycles. The van der Waals surface area contributed by atoms with E-state index in [0.29, 0.717) is 6.54 Å². The molecule has 2 aromatic heterocycles. The molecule has 1 N–H and O–H groups in total. The minimum absolute atomic E-state index is 0.361. The highest BCUT2D eigenvalue weighted by atomic mass is 32.1. The monoisotopic (exact) mass is 253 g/mol. The molecule has 17 heavy (non-hydrogen) atoms. The first-order valence-electron chi connectivity index (χ1n) is 5.32. The second kappa shape index (κ2) is 4.37. The number of thiazole rings is 1. The molecular formula is C11H15N3O2S. The molecule has 2 heterocycles. The van der Waals surface area contributed by atoms with Gasteiger partial charge in [0.2, 0.25) is 0 Å². The van der Waals surface area contributed by atoms with Crippen LogP contribution in [0.1, 0.15) is 26.6 Å². The molecule has 0 radical (unpaired) electrons. The molecule has 2 aromatic rings. The summed E-state index contributed by atoms with van der Waals surface area (Å²) < 4.78 is 7.09. The van der Waals surface area contributed by atoms with Crippen molar-refractivity contribution in [3.8, 4) is 0 Å². The van der Waals surface area contributed by atoms with Gasteiger partial charge in [-0.25, -0.2) is 9.78 Å². The van der Waals surface area contributed by atoms with Gasteiger partial charge in [0, 0.05) is 11.6 Å². The Morgan fingerprint density at radius 2 is 2.35 bits per heavy atom. The van der Waals surface area contributed by atoms with Crippen LogP contribution in [0.2, 0.25) is 0 Å². The first-order valence-corrected chi connectivity index (χ1v) is 6.20. The van der Waals surface area contributed by atoms with Gasteiger partial charge in [-0.3, -0.25) is 4.40 Å². The number of fused-ring (bicyclic) bond motifs is 1. The summed E-state index contributed by atoms with van der Waals surface area (Å²) in [6.07, 6.45) is 3.29. The summed E-state index contributed by atoms with van der Waals surface area (Å²) in [7, 11) is 0. The summed E-state index contributed by atoms with van der Waals surface area (Å²) >= 11 is 1.61. The van der Waals surface area contributed by atoms with Crippen LogP contribution < -0.4 is 5.32 Å². The third-order valence-corrected chi connectivity index (χ3v) is 2.83. The number of alkyl carbamates (subject to hydrolysis) is 1. The van der Waals surface area contributed by atoms with Crippen molar-refractivity contribution in [3.05, 3.63) is 23.6 Å². The van der Waals surface area contributed by atoms with Gasteiger partial charge in [-0.1, -0.05) is 0 Å². The van der Waals surface area contributed by atoms with E-state index in [1.165, 1.54) is 0 Å². The van der Waals surface area contributed by atoms with Gasteiger partial charge in [0.1, 0.15) is 16.3 Å². The number of imidazole rings is 1. The van der Waals surface area contributed by atoms with Crippen LogP contribution in [0.4, 0.5) is 4.79 Å². The number of ether oxygens (including phenoxy) is 1. The van der Waals surface area contributed by atoms with Crippen LogP contribution in [0.5, 0.6) is 0 Å². The average Bonchev–Trinajstić information content (AvgIpc) is 2.73. The molecule has 5 nitrogen and oxygen atoms in total. The third kappa shape index (κ3) is 2.97. The molecule has 0 atom stereocenters. The zero-order valence-electron chi connectivity index (χ0n) is 10.1. The third-order valence-electron chi connectivity index (χ3n) is 2.03. The van der Waals surface area contributed by atoms with E-state index in [4.69, 9.17) is 4.74 Å². The Morgan fingerprint density at radius 1 is 1.59 bits per heavy atom. The van der Waals surface area contributed by atoms with Crippen LogP contribution >= 0.6 is 11.3 Å². The largest absolute Gasteiger partial charge is 0.444 e. The number of aromatic nitrogens is 2. The van der Waals surface area contributed by atoms with E-state index >= 15 is 0 Å². The van der Waals surface area contributed by atoms with E-state index in [-0.39, 0.29) is 0 Å². The van der Waals surface area contributed by atoms with Crippen molar-refractivity contribution < 1.29 is 9.53 Å². The molecule has 0 spiro atoms. The highest BCUT2D eigenvalue weighted by Gasteiger charge is 2.16. The summed E-state index contributed by atoms with van der Waals surface area (Å²) in [4.78, 5) is 16.7. The molecule has 1 amide bonds. The van der Waals surface area contributed by atoms with Crippen molar-refractivity contribution in [2.24, 2.45) is 0 Å². The molecule has 92 valence electrons. The zero-order valence-corrected chi connectivity index (χ0v) is 10.9. The van der Waals surface area contributed by atoms with Crippen molar-refractivity contribution in [1.82, 2.24) is 14.7 Å². The lowest BCUT2D eigenvalue weighted by atomic mass is 10.2. The maximum atomic E-state index is 11.5. The van der Waals surface area contributed by atoms with Crippen LogP contribution in [0.25, 0.3) is 4.83 Å². The van der Waals surface area contributed by atoms with Crippen molar-refractivity contribution in [2.75, 3.05) is 0 Å².